The number of fused-ring (bicyclic) bond motifs is 1. The van der Waals surface area contributed by atoms with E-state index in [1.54, 1.807) is 0 Å². The normalized spacial score (nSPS) is 12.6. The van der Waals surface area contributed by atoms with Crippen molar-refractivity contribution in [2.24, 2.45) is 0 Å². The predicted molar refractivity (Wildman–Crippen MR) is 106 cm³/mol. The van der Waals surface area contributed by atoms with Gasteiger partial charge in [-0.2, -0.15) is 0 Å². The number of H-pyrrole nitrogens is 1. The number of aromatic amines is 1. The molecule has 0 saturated carbocycles. The molecular weight excluding hydrogens is 334 g/mol. The third-order valence-electron chi connectivity index (χ3n) is 3.96. The van der Waals surface area contributed by atoms with Gasteiger partial charge in [0, 0.05) is 22.8 Å². The summed E-state index contributed by atoms with van der Waals surface area (Å²) in [5, 5.41) is 2.47. The molecule has 0 radical (unpaired) electrons. The average molecular weight is 364 g/mol. The van der Waals surface area contributed by atoms with Crippen molar-refractivity contribution in [2.45, 2.75) is 45.7 Å². The van der Waals surface area contributed by atoms with Crippen LogP contribution in [0.25, 0.3) is 10.9 Å². The van der Waals surface area contributed by atoms with Crippen LogP contribution in [-0.2, 0) is 15.6 Å². The first-order chi connectivity index (χ1) is 11.0. The Labute approximate surface area is 146 Å². The van der Waals surface area contributed by atoms with Crippen LogP contribution in [0.15, 0.2) is 18.2 Å². The van der Waals surface area contributed by atoms with Crippen LogP contribution in [-0.4, -0.2) is 41.1 Å². The standard InChI is InChI=1S/C18H29NO3Si2/c1-21-18(20)13-8-9-16-15(12-13)14(10-11-22-24(5,6)7)17(19-16)23(2,3)4/h8-9,12,19H,10-11H2,1-7H3. The molecule has 0 bridgehead atoms. The summed E-state index contributed by atoms with van der Waals surface area (Å²) in [6.07, 6.45) is 0.870. The Morgan fingerprint density at radius 3 is 2.33 bits per heavy atom. The monoisotopic (exact) mass is 363 g/mol. The zero-order valence-corrected chi connectivity index (χ0v) is 17.9. The summed E-state index contributed by atoms with van der Waals surface area (Å²) in [6, 6.07) is 5.75. The summed E-state index contributed by atoms with van der Waals surface area (Å²) in [6.45, 7) is 14.3. The second kappa shape index (κ2) is 6.86. The molecule has 0 atom stereocenters. The number of hydrogen-bond acceptors (Lipinski definition) is 3. The predicted octanol–water partition coefficient (Wildman–Crippen LogP) is 3.89. The lowest BCUT2D eigenvalue weighted by molar-refractivity contribution is 0.0601. The van der Waals surface area contributed by atoms with Crippen molar-refractivity contribution in [1.82, 2.24) is 4.98 Å². The number of esters is 1. The SMILES string of the molecule is COC(=O)c1ccc2[nH]c([Si](C)(C)C)c(CCO[Si](C)(C)C)c2c1. The highest BCUT2D eigenvalue weighted by molar-refractivity contribution is 6.88. The highest BCUT2D eigenvalue weighted by atomic mass is 28.4. The van der Waals surface area contributed by atoms with Crippen molar-refractivity contribution in [3.63, 3.8) is 0 Å². The van der Waals surface area contributed by atoms with Gasteiger partial charge in [-0.3, -0.25) is 0 Å². The Bertz CT molecular complexity index is 739. The molecule has 0 amide bonds. The van der Waals surface area contributed by atoms with Crippen LogP contribution in [0.5, 0.6) is 0 Å². The van der Waals surface area contributed by atoms with E-state index >= 15 is 0 Å². The van der Waals surface area contributed by atoms with Gasteiger partial charge in [0.15, 0.2) is 8.32 Å². The molecule has 0 aliphatic rings. The lowest BCUT2D eigenvalue weighted by Crippen LogP contribution is -2.41. The van der Waals surface area contributed by atoms with E-state index in [1.165, 1.54) is 18.0 Å². The Hall–Kier alpha value is -1.38. The third kappa shape index (κ3) is 4.37. The lowest BCUT2D eigenvalue weighted by Gasteiger charge is -2.20. The molecule has 0 fully saturated rings. The van der Waals surface area contributed by atoms with Gasteiger partial charge >= 0.3 is 5.97 Å². The largest absolute Gasteiger partial charge is 0.465 e. The summed E-state index contributed by atoms with van der Waals surface area (Å²) < 4.78 is 10.9. The van der Waals surface area contributed by atoms with Gasteiger partial charge in [-0.25, -0.2) is 4.79 Å². The maximum absolute atomic E-state index is 11.9. The first-order valence-corrected chi connectivity index (χ1v) is 15.3. The van der Waals surface area contributed by atoms with Crippen molar-refractivity contribution < 1.29 is 14.0 Å². The number of nitrogens with one attached hydrogen (secondary N) is 1. The van der Waals surface area contributed by atoms with E-state index in [2.05, 4.69) is 44.3 Å². The number of hydrogen-bond donors (Lipinski definition) is 1. The zero-order valence-electron chi connectivity index (χ0n) is 15.9. The van der Waals surface area contributed by atoms with Crippen LogP contribution in [0.3, 0.4) is 0 Å². The Morgan fingerprint density at radius 2 is 1.79 bits per heavy atom. The van der Waals surface area contributed by atoms with Gasteiger partial charge in [-0.15, -0.1) is 0 Å². The van der Waals surface area contributed by atoms with Crippen LogP contribution in [0.2, 0.25) is 39.3 Å². The topological polar surface area (TPSA) is 51.3 Å². The maximum atomic E-state index is 11.9. The van der Waals surface area contributed by atoms with Crippen LogP contribution in [0, 0.1) is 0 Å². The molecule has 0 aliphatic carbocycles. The maximum Gasteiger partial charge on any atom is 0.337 e. The molecule has 0 spiro atoms. The van der Waals surface area contributed by atoms with Crippen molar-refractivity contribution >= 4 is 38.6 Å². The Kier molecular flexibility index (Phi) is 5.42. The summed E-state index contributed by atoms with van der Waals surface area (Å²) in [5.74, 6) is -0.294. The van der Waals surface area contributed by atoms with E-state index in [9.17, 15) is 4.79 Å². The first-order valence-electron chi connectivity index (χ1n) is 8.40. The van der Waals surface area contributed by atoms with Crippen molar-refractivity contribution in [3.05, 3.63) is 29.3 Å². The van der Waals surface area contributed by atoms with Crippen LogP contribution < -0.4 is 5.32 Å². The molecule has 1 aromatic heterocycles. The molecule has 1 N–H and O–H groups in total. The van der Waals surface area contributed by atoms with Crippen LogP contribution >= 0.6 is 0 Å². The average Bonchev–Trinajstić information content (AvgIpc) is 2.83. The molecule has 132 valence electrons. The Morgan fingerprint density at radius 1 is 1.12 bits per heavy atom. The van der Waals surface area contributed by atoms with Gasteiger partial charge in [0.1, 0.15) is 0 Å². The van der Waals surface area contributed by atoms with Crippen molar-refractivity contribution in [1.29, 1.82) is 0 Å². The molecule has 2 aromatic rings. The minimum atomic E-state index is -1.53. The molecule has 0 unspecified atom stereocenters. The molecule has 0 aliphatic heterocycles. The fourth-order valence-electron chi connectivity index (χ4n) is 2.85. The summed E-state index contributed by atoms with van der Waals surface area (Å²) in [5.41, 5.74) is 2.98. The third-order valence-corrected chi connectivity index (χ3v) is 6.96. The molecule has 1 heterocycles. The summed E-state index contributed by atoms with van der Waals surface area (Å²) >= 11 is 0. The molecule has 1 aromatic carbocycles. The van der Waals surface area contributed by atoms with E-state index in [4.69, 9.17) is 9.16 Å². The zero-order chi connectivity index (χ0) is 18.1. The first kappa shape index (κ1) is 19.0. The Balaban J connectivity index is 2.47. The number of rotatable bonds is 6. The molecule has 4 nitrogen and oxygen atoms in total. The smallest absolute Gasteiger partial charge is 0.337 e. The second-order valence-electron chi connectivity index (χ2n) is 8.19. The van der Waals surface area contributed by atoms with E-state index in [0.29, 0.717) is 5.56 Å². The quantitative estimate of drug-likeness (QED) is 0.626. The lowest BCUT2D eigenvalue weighted by atomic mass is 10.1. The van der Waals surface area contributed by atoms with Gasteiger partial charge < -0.3 is 14.1 Å². The van der Waals surface area contributed by atoms with Crippen LogP contribution in [0.4, 0.5) is 0 Å². The molecule has 0 saturated heterocycles. The van der Waals surface area contributed by atoms with Gasteiger partial charge in [0.05, 0.1) is 20.7 Å². The van der Waals surface area contributed by atoms with Gasteiger partial charge in [0.25, 0.3) is 0 Å². The van der Waals surface area contributed by atoms with E-state index < -0.39 is 16.4 Å². The minimum Gasteiger partial charge on any atom is -0.465 e. The van der Waals surface area contributed by atoms with Crippen molar-refractivity contribution in [3.8, 4) is 0 Å². The van der Waals surface area contributed by atoms with Crippen molar-refractivity contribution in [2.75, 3.05) is 13.7 Å². The van der Waals surface area contributed by atoms with E-state index in [-0.39, 0.29) is 5.97 Å². The molecule has 2 rings (SSSR count). The number of carbonyl (C=O) groups excluding carboxylic acids is 1. The number of benzene rings is 1. The van der Waals surface area contributed by atoms with Gasteiger partial charge in [0.2, 0.25) is 0 Å². The molecule has 24 heavy (non-hydrogen) atoms. The van der Waals surface area contributed by atoms with Crippen LogP contribution in [0.1, 0.15) is 15.9 Å². The van der Waals surface area contributed by atoms with E-state index in [0.717, 1.165) is 23.9 Å². The molecular formula is C18H29NO3Si2. The fraction of sp³-hybridized carbons (Fsp3) is 0.500. The number of aromatic nitrogens is 1. The second-order valence-corrected chi connectivity index (χ2v) is 17.7. The summed E-state index contributed by atoms with van der Waals surface area (Å²) in [4.78, 5) is 15.5. The molecule has 6 heteroatoms. The number of ether oxygens (including phenoxy) is 1. The fourth-order valence-corrected chi connectivity index (χ4v) is 5.24. The van der Waals surface area contributed by atoms with Gasteiger partial charge in [-0.1, -0.05) is 19.6 Å². The van der Waals surface area contributed by atoms with Gasteiger partial charge in [-0.05, 0) is 49.8 Å². The minimum absolute atomic E-state index is 0.294. The highest BCUT2D eigenvalue weighted by Crippen LogP contribution is 2.23. The van der Waals surface area contributed by atoms with E-state index in [1.807, 2.05) is 18.2 Å². The number of methoxy groups -OCH3 is 1. The summed E-state index contributed by atoms with van der Waals surface area (Å²) in [7, 11) is -1.64. The number of carbonyl (C=O) groups is 1. The highest BCUT2D eigenvalue weighted by Gasteiger charge is 2.25.